The van der Waals surface area contributed by atoms with Crippen molar-refractivity contribution in [2.45, 2.75) is 103 Å². The van der Waals surface area contributed by atoms with Crippen LogP contribution in [-0.4, -0.2) is 35.6 Å². The van der Waals surface area contributed by atoms with Crippen molar-refractivity contribution in [3.63, 3.8) is 0 Å². The molecule has 2 rings (SSSR count). The highest BCUT2D eigenvalue weighted by Crippen LogP contribution is 2.33. The first kappa shape index (κ1) is 16.3. The molecule has 2 heteroatoms. The monoisotopic (exact) mass is 280 g/mol. The zero-order valence-corrected chi connectivity index (χ0v) is 14.1. The summed E-state index contributed by atoms with van der Waals surface area (Å²) >= 11 is 0. The van der Waals surface area contributed by atoms with Gasteiger partial charge in [-0.2, -0.15) is 0 Å². The Hall–Kier alpha value is -0.0800. The number of nitrogens with one attached hydrogen (secondary N) is 1. The van der Waals surface area contributed by atoms with Gasteiger partial charge in [-0.25, -0.2) is 0 Å². The minimum Gasteiger partial charge on any atom is -0.308 e. The maximum atomic E-state index is 3.90. The number of rotatable bonds is 6. The molecule has 2 atom stereocenters. The Balaban J connectivity index is 1.84. The highest BCUT2D eigenvalue weighted by Gasteiger charge is 2.39. The fraction of sp³-hybridized carbons (Fsp3) is 1.00. The van der Waals surface area contributed by atoms with Crippen molar-refractivity contribution in [1.29, 1.82) is 0 Å². The van der Waals surface area contributed by atoms with E-state index in [1.54, 1.807) is 0 Å². The third-order valence-electron chi connectivity index (χ3n) is 5.68. The quantitative estimate of drug-likeness (QED) is 0.728. The molecule has 1 saturated carbocycles. The Bertz CT molecular complexity index is 271. The molecule has 0 bridgehead atoms. The van der Waals surface area contributed by atoms with E-state index < -0.39 is 0 Å². The van der Waals surface area contributed by atoms with Crippen LogP contribution in [-0.2, 0) is 0 Å². The van der Waals surface area contributed by atoms with Gasteiger partial charge in [-0.1, -0.05) is 51.9 Å². The van der Waals surface area contributed by atoms with Crippen molar-refractivity contribution >= 4 is 0 Å². The van der Waals surface area contributed by atoms with E-state index in [0.29, 0.717) is 11.6 Å². The molecule has 0 aromatic rings. The molecule has 1 aliphatic carbocycles. The summed E-state index contributed by atoms with van der Waals surface area (Å²) in [5, 5.41) is 3.90. The van der Waals surface area contributed by atoms with Gasteiger partial charge in [0.05, 0.1) is 0 Å². The van der Waals surface area contributed by atoms with Gasteiger partial charge >= 0.3 is 0 Å². The summed E-state index contributed by atoms with van der Waals surface area (Å²) in [4.78, 5) is 2.81. The minimum atomic E-state index is 0.461. The van der Waals surface area contributed by atoms with Crippen LogP contribution >= 0.6 is 0 Å². The van der Waals surface area contributed by atoms with Crippen molar-refractivity contribution < 1.29 is 0 Å². The normalized spacial score (nSPS) is 28.6. The molecule has 1 aliphatic heterocycles. The lowest BCUT2D eigenvalue weighted by atomic mass is 9.79. The Morgan fingerprint density at radius 2 is 1.90 bits per heavy atom. The molecule has 0 aromatic carbocycles. The van der Waals surface area contributed by atoms with Gasteiger partial charge in [0.15, 0.2) is 0 Å². The molecule has 2 unspecified atom stereocenters. The van der Waals surface area contributed by atoms with Crippen molar-refractivity contribution in [3.8, 4) is 0 Å². The lowest BCUT2D eigenvalue weighted by molar-refractivity contribution is 0.0328. The van der Waals surface area contributed by atoms with Crippen LogP contribution in [0.3, 0.4) is 0 Å². The number of nitrogens with zero attached hydrogens (tertiary/aromatic N) is 1. The molecule has 1 heterocycles. The van der Waals surface area contributed by atoms with Crippen LogP contribution in [0.1, 0.15) is 85.0 Å². The van der Waals surface area contributed by atoms with Gasteiger partial charge in [0, 0.05) is 30.7 Å². The summed E-state index contributed by atoms with van der Waals surface area (Å²) in [5.74, 6) is 0. The molecule has 118 valence electrons. The van der Waals surface area contributed by atoms with Gasteiger partial charge in [-0.05, 0) is 33.1 Å². The first-order valence-electron chi connectivity index (χ1n) is 9.18. The average Bonchev–Trinajstić information content (AvgIpc) is 2.47. The molecule has 0 aromatic heterocycles. The largest absolute Gasteiger partial charge is 0.308 e. The fourth-order valence-corrected chi connectivity index (χ4v) is 4.23. The van der Waals surface area contributed by atoms with E-state index in [-0.39, 0.29) is 0 Å². The smallest absolute Gasteiger partial charge is 0.0309 e. The Kier molecular flexibility index (Phi) is 6.35. The van der Waals surface area contributed by atoms with E-state index in [2.05, 4.69) is 31.0 Å². The number of hydrogen-bond donors (Lipinski definition) is 1. The van der Waals surface area contributed by atoms with E-state index in [1.807, 2.05) is 0 Å². The van der Waals surface area contributed by atoms with Crippen LogP contribution in [0, 0.1) is 0 Å². The predicted octanol–water partition coefficient (Wildman–Crippen LogP) is 4.34. The first-order chi connectivity index (χ1) is 9.67. The molecular formula is C18H36N2. The lowest BCUT2D eigenvalue weighted by Crippen LogP contribution is -2.65. The molecule has 1 saturated heterocycles. The SMILES string of the molecule is CCCCCCC(C)N1CC2(CCCCC2)NCC1C. The highest BCUT2D eigenvalue weighted by molar-refractivity contribution is 4.99. The van der Waals surface area contributed by atoms with Crippen molar-refractivity contribution in [1.82, 2.24) is 10.2 Å². The van der Waals surface area contributed by atoms with Gasteiger partial charge in [-0.3, -0.25) is 4.90 Å². The van der Waals surface area contributed by atoms with Crippen LogP contribution in [0.15, 0.2) is 0 Å². The maximum absolute atomic E-state index is 3.90. The van der Waals surface area contributed by atoms with Crippen LogP contribution in [0.4, 0.5) is 0 Å². The molecule has 1 N–H and O–H groups in total. The first-order valence-corrected chi connectivity index (χ1v) is 9.18. The Morgan fingerprint density at radius 1 is 1.15 bits per heavy atom. The second-order valence-electron chi connectivity index (χ2n) is 7.44. The van der Waals surface area contributed by atoms with Crippen molar-refractivity contribution in [2.24, 2.45) is 0 Å². The van der Waals surface area contributed by atoms with Crippen LogP contribution in [0.5, 0.6) is 0 Å². The fourth-order valence-electron chi connectivity index (χ4n) is 4.23. The predicted molar refractivity (Wildman–Crippen MR) is 88.2 cm³/mol. The maximum Gasteiger partial charge on any atom is 0.0309 e. The van der Waals surface area contributed by atoms with Gasteiger partial charge in [0.1, 0.15) is 0 Å². The topological polar surface area (TPSA) is 15.3 Å². The number of piperazine rings is 1. The van der Waals surface area contributed by atoms with Gasteiger partial charge in [0.25, 0.3) is 0 Å². The van der Waals surface area contributed by atoms with Crippen LogP contribution in [0.25, 0.3) is 0 Å². The van der Waals surface area contributed by atoms with Crippen molar-refractivity contribution in [2.75, 3.05) is 13.1 Å². The zero-order chi connectivity index (χ0) is 14.4. The van der Waals surface area contributed by atoms with Gasteiger partial charge in [0.2, 0.25) is 0 Å². The molecule has 2 nitrogen and oxygen atoms in total. The van der Waals surface area contributed by atoms with E-state index in [1.165, 1.54) is 77.3 Å². The molecule has 2 aliphatic rings. The second kappa shape index (κ2) is 7.79. The zero-order valence-electron chi connectivity index (χ0n) is 14.1. The molecule has 1 spiro atoms. The average molecular weight is 280 g/mol. The van der Waals surface area contributed by atoms with Crippen molar-refractivity contribution in [3.05, 3.63) is 0 Å². The Morgan fingerprint density at radius 3 is 2.60 bits per heavy atom. The van der Waals surface area contributed by atoms with Crippen LogP contribution in [0.2, 0.25) is 0 Å². The number of hydrogen-bond acceptors (Lipinski definition) is 2. The van der Waals surface area contributed by atoms with E-state index in [9.17, 15) is 0 Å². The Labute approximate surface area is 126 Å². The second-order valence-corrected chi connectivity index (χ2v) is 7.44. The standard InChI is InChI=1S/C18H36N2/c1-4-5-6-8-11-16(2)20-15-18(19-14-17(20)3)12-9-7-10-13-18/h16-17,19H,4-15H2,1-3H3. The molecule has 0 radical (unpaired) electrons. The van der Waals surface area contributed by atoms with E-state index in [4.69, 9.17) is 0 Å². The summed E-state index contributed by atoms with van der Waals surface area (Å²) in [6.07, 6.45) is 14.1. The summed E-state index contributed by atoms with van der Waals surface area (Å²) in [6.45, 7) is 9.66. The third-order valence-corrected chi connectivity index (χ3v) is 5.68. The summed E-state index contributed by atoms with van der Waals surface area (Å²) < 4.78 is 0. The summed E-state index contributed by atoms with van der Waals surface area (Å²) in [5.41, 5.74) is 0.461. The van der Waals surface area contributed by atoms with E-state index >= 15 is 0 Å². The molecule has 2 fully saturated rings. The molecule has 20 heavy (non-hydrogen) atoms. The third kappa shape index (κ3) is 4.21. The van der Waals surface area contributed by atoms with E-state index in [0.717, 1.165) is 6.04 Å². The lowest BCUT2D eigenvalue weighted by Gasteiger charge is -2.51. The highest BCUT2D eigenvalue weighted by atomic mass is 15.3. The summed E-state index contributed by atoms with van der Waals surface area (Å²) in [7, 11) is 0. The minimum absolute atomic E-state index is 0.461. The summed E-state index contributed by atoms with van der Waals surface area (Å²) in [6, 6.07) is 1.48. The van der Waals surface area contributed by atoms with Gasteiger partial charge < -0.3 is 5.32 Å². The molecule has 0 amide bonds. The van der Waals surface area contributed by atoms with Crippen LogP contribution < -0.4 is 5.32 Å². The molecular weight excluding hydrogens is 244 g/mol. The van der Waals surface area contributed by atoms with Gasteiger partial charge in [-0.15, -0.1) is 0 Å². The number of unbranched alkanes of at least 4 members (excludes halogenated alkanes) is 3.